The number of rotatable bonds is 9. The molecule has 0 radical (unpaired) electrons. The topological polar surface area (TPSA) is 115 Å². The second kappa shape index (κ2) is 12.9. The van der Waals surface area contributed by atoms with Gasteiger partial charge in [0.15, 0.2) is 0 Å². The van der Waals surface area contributed by atoms with Crippen molar-refractivity contribution in [3.8, 4) is 5.75 Å². The molecule has 202 valence electrons. The highest BCUT2D eigenvalue weighted by atomic mass is 35.5. The number of alkyl halides is 3. The number of benzene rings is 2. The summed E-state index contributed by atoms with van der Waals surface area (Å²) in [6, 6.07) is 10.6. The van der Waals surface area contributed by atoms with Gasteiger partial charge in [0.1, 0.15) is 17.9 Å². The van der Waals surface area contributed by atoms with Gasteiger partial charge in [0.25, 0.3) is 0 Å². The summed E-state index contributed by atoms with van der Waals surface area (Å²) in [6.45, 7) is 3.24. The van der Waals surface area contributed by atoms with Crippen LogP contribution in [0.25, 0.3) is 0 Å². The van der Waals surface area contributed by atoms with Gasteiger partial charge in [-0.05, 0) is 50.2 Å². The van der Waals surface area contributed by atoms with Crippen molar-refractivity contribution in [1.82, 2.24) is 8.72 Å². The van der Waals surface area contributed by atoms with Crippen molar-refractivity contribution in [2.24, 2.45) is 5.10 Å². The van der Waals surface area contributed by atoms with Crippen LogP contribution in [0.1, 0.15) is 25.0 Å². The lowest BCUT2D eigenvalue weighted by molar-refractivity contribution is -0.0500. The van der Waals surface area contributed by atoms with E-state index < -0.39 is 33.6 Å². The average Bonchev–Trinajstić information content (AvgIpc) is 2.82. The molecule has 0 N–H and O–H groups in total. The summed E-state index contributed by atoms with van der Waals surface area (Å²) in [7, 11) is -4.54. The van der Waals surface area contributed by atoms with Gasteiger partial charge >= 0.3 is 27.8 Å². The molecule has 16 heteroatoms. The van der Waals surface area contributed by atoms with Crippen molar-refractivity contribution in [3.63, 3.8) is 0 Å². The van der Waals surface area contributed by atoms with E-state index in [1.165, 1.54) is 31.3 Å². The van der Waals surface area contributed by atoms with Crippen LogP contribution in [-0.2, 0) is 19.6 Å². The van der Waals surface area contributed by atoms with E-state index >= 15 is 0 Å². The lowest BCUT2D eigenvalue weighted by atomic mass is 10.0. The molecule has 37 heavy (non-hydrogen) atoms. The minimum absolute atomic E-state index is 0.00940. The van der Waals surface area contributed by atoms with E-state index in [9.17, 15) is 31.2 Å². The third kappa shape index (κ3) is 8.43. The first-order chi connectivity index (χ1) is 17.3. The van der Waals surface area contributed by atoms with Gasteiger partial charge in [-0.1, -0.05) is 23.7 Å². The van der Waals surface area contributed by atoms with Crippen molar-refractivity contribution in [1.29, 1.82) is 0 Å². The van der Waals surface area contributed by atoms with Gasteiger partial charge in [0.2, 0.25) is 0 Å². The molecule has 2 rings (SSSR count). The highest BCUT2D eigenvalue weighted by Crippen LogP contribution is 2.28. The smallest absolute Gasteiger partial charge is 0.449 e. The van der Waals surface area contributed by atoms with E-state index in [4.69, 9.17) is 21.1 Å². The molecule has 0 saturated heterocycles. The molecule has 0 heterocycles. The zero-order chi connectivity index (χ0) is 27.8. The molecule has 2 amide bonds. The van der Waals surface area contributed by atoms with E-state index in [-0.39, 0.29) is 24.5 Å². The average molecular weight is 584 g/mol. The molecule has 10 nitrogen and oxygen atoms in total. The Morgan fingerprint density at radius 1 is 0.946 bits per heavy atom. The maximum absolute atomic E-state index is 12.6. The standard InChI is InChI=1S/C21H21ClF3N3O7S2/c1-4-33-19(29)27(3)36-28(20(30)34-5-2)26-18(14-6-10-16(22)11-7-14)15-8-12-17(13-9-15)35-37(31,32)21(23,24)25/h6-13H,4-5H2,1-3H3. The van der Waals surface area contributed by atoms with Crippen LogP contribution in [-0.4, -0.2) is 60.8 Å². The third-order valence-corrected chi connectivity index (χ3v) is 6.08. The number of amides is 2. The molecule has 0 saturated carbocycles. The van der Waals surface area contributed by atoms with Gasteiger partial charge in [-0.3, -0.25) is 0 Å². The number of carbonyl (C=O) groups is 2. The molecule has 0 aliphatic heterocycles. The zero-order valence-electron chi connectivity index (χ0n) is 19.6. The fraction of sp³-hybridized carbons (Fsp3) is 0.286. The van der Waals surface area contributed by atoms with Crippen molar-refractivity contribution in [3.05, 3.63) is 64.7 Å². The van der Waals surface area contributed by atoms with Crippen LogP contribution in [0.5, 0.6) is 5.75 Å². The molecule has 0 atom stereocenters. The predicted molar refractivity (Wildman–Crippen MR) is 130 cm³/mol. The Bertz CT molecular complexity index is 1230. The monoisotopic (exact) mass is 583 g/mol. The van der Waals surface area contributed by atoms with Gasteiger partial charge < -0.3 is 13.7 Å². The Hall–Kier alpha value is -3.17. The van der Waals surface area contributed by atoms with E-state index in [0.717, 1.165) is 20.9 Å². The van der Waals surface area contributed by atoms with E-state index in [1.54, 1.807) is 26.0 Å². The van der Waals surface area contributed by atoms with Crippen LogP contribution >= 0.6 is 23.7 Å². The summed E-state index contributed by atoms with van der Waals surface area (Å²) < 4.78 is 76.3. The predicted octanol–water partition coefficient (Wildman–Crippen LogP) is 5.43. The van der Waals surface area contributed by atoms with Gasteiger partial charge in [-0.2, -0.15) is 26.7 Å². The minimum Gasteiger partial charge on any atom is -0.449 e. The number of hydrogen-bond donors (Lipinski definition) is 0. The maximum Gasteiger partial charge on any atom is 0.534 e. The first-order valence-electron chi connectivity index (χ1n) is 10.3. The molecule has 0 spiro atoms. The van der Waals surface area contributed by atoms with Crippen molar-refractivity contribution < 1.29 is 44.8 Å². The number of hydrazone groups is 1. The van der Waals surface area contributed by atoms with Crippen LogP contribution < -0.4 is 4.18 Å². The Morgan fingerprint density at radius 3 is 1.92 bits per heavy atom. The molecule has 0 aliphatic rings. The summed E-state index contributed by atoms with van der Waals surface area (Å²) in [4.78, 5) is 24.6. The van der Waals surface area contributed by atoms with E-state index in [0.29, 0.717) is 22.7 Å². The van der Waals surface area contributed by atoms with Crippen LogP contribution in [0, 0.1) is 0 Å². The number of nitrogens with zero attached hydrogens (tertiary/aromatic N) is 3. The summed E-state index contributed by atoms with van der Waals surface area (Å²) in [5, 5.41) is 4.69. The molecule has 0 unspecified atom stereocenters. The summed E-state index contributed by atoms with van der Waals surface area (Å²) >= 11 is 6.51. The highest BCUT2D eigenvalue weighted by Gasteiger charge is 2.48. The van der Waals surface area contributed by atoms with Crippen LogP contribution in [0.3, 0.4) is 0 Å². The normalized spacial score (nSPS) is 12.0. The van der Waals surface area contributed by atoms with Crippen molar-refractivity contribution in [2.45, 2.75) is 19.4 Å². The Balaban J connectivity index is 2.53. The Kier molecular flexibility index (Phi) is 10.5. The van der Waals surface area contributed by atoms with Crippen LogP contribution in [0.15, 0.2) is 53.6 Å². The molecule has 0 aliphatic carbocycles. The molecule has 0 bridgehead atoms. The molecule has 0 fully saturated rings. The second-order valence-electron chi connectivity index (χ2n) is 6.71. The van der Waals surface area contributed by atoms with Crippen molar-refractivity contribution in [2.75, 3.05) is 20.3 Å². The van der Waals surface area contributed by atoms with Crippen LogP contribution in [0.2, 0.25) is 5.02 Å². The molecule has 0 aromatic heterocycles. The summed E-state index contributed by atoms with van der Waals surface area (Å²) in [5.41, 5.74) is -4.86. The number of ether oxygens (including phenoxy) is 2. The van der Waals surface area contributed by atoms with Gasteiger partial charge in [0, 0.05) is 23.2 Å². The van der Waals surface area contributed by atoms with Crippen LogP contribution in [0.4, 0.5) is 22.8 Å². The lowest BCUT2D eigenvalue weighted by Gasteiger charge is -2.22. The number of carbonyl (C=O) groups excluding carboxylic acids is 2. The largest absolute Gasteiger partial charge is 0.534 e. The van der Waals surface area contributed by atoms with E-state index in [1.807, 2.05) is 0 Å². The minimum atomic E-state index is -5.87. The summed E-state index contributed by atoms with van der Waals surface area (Å²) in [6.07, 6.45) is -1.70. The number of hydrogen-bond acceptors (Lipinski definition) is 9. The fourth-order valence-corrected chi connectivity index (χ4v) is 3.63. The SMILES string of the molecule is CCOC(=O)N(C)SN(N=C(c1ccc(Cl)cc1)c1ccc(OS(=O)(=O)C(F)(F)F)cc1)C(=O)OCC. The summed E-state index contributed by atoms with van der Waals surface area (Å²) in [5.74, 6) is -0.602. The third-order valence-electron chi connectivity index (χ3n) is 4.07. The fourth-order valence-electron chi connectivity index (χ4n) is 2.46. The van der Waals surface area contributed by atoms with Gasteiger partial charge in [-0.15, -0.1) is 4.41 Å². The van der Waals surface area contributed by atoms with Crippen molar-refractivity contribution >= 4 is 51.8 Å². The molecule has 2 aromatic rings. The highest BCUT2D eigenvalue weighted by molar-refractivity contribution is 7.95. The maximum atomic E-state index is 12.6. The first-order valence-corrected chi connectivity index (χ1v) is 12.8. The molecular weight excluding hydrogens is 563 g/mol. The van der Waals surface area contributed by atoms with Gasteiger partial charge in [-0.25, -0.2) is 13.9 Å². The van der Waals surface area contributed by atoms with Gasteiger partial charge in [0.05, 0.1) is 18.9 Å². The Morgan fingerprint density at radius 2 is 1.43 bits per heavy atom. The lowest BCUT2D eigenvalue weighted by Crippen LogP contribution is -2.30. The molecular formula is C21H21ClF3N3O7S2. The quantitative estimate of drug-likeness (QED) is 0.126. The Labute approximate surface area is 220 Å². The first kappa shape index (κ1) is 30.1. The van der Waals surface area contributed by atoms with E-state index in [2.05, 4.69) is 9.28 Å². The second-order valence-corrected chi connectivity index (χ2v) is 9.74. The molecule has 2 aromatic carbocycles. The number of halogens is 4. The zero-order valence-corrected chi connectivity index (χ0v) is 21.9.